The van der Waals surface area contributed by atoms with E-state index in [0.29, 0.717) is 5.56 Å². The lowest BCUT2D eigenvalue weighted by Crippen LogP contribution is -2.30. The van der Waals surface area contributed by atoms with Gasteiger partial charge >= 0.3 is 5.97 Å². The summed E-state index contributed by atoms with van der Waals surface area (Å²) in [4.78, 5) is 22.9. The van der Waals surface area contributed by atoms with Gasteiger partial charge in [-0.1, -0.05) is 36.9 Å². The van der Waals surface area contributed by atoms with Crippen molar-refractivity contribution in [2.75, 3.05) is 0 Å². The van der Waals surface area contributed by atoms with E-state index in [1.165, 1.54) is 6.92 Å². The summed E-state index contributed by atoms with van der Waals surface area (Å²) in [6, 6.07) is 8.55. The molecule has 0 aromatic heterocycles. The van der Waals surface area contributed by atoms with Crippen LogP contribution in [0.3, 0.4) is 0 Å². The van der Waals surface area contributed by atoms with Crippen molar-refractivity contribution in [2.45, 2.75) is 13.0 Å². The monoisotopic (exact) mass is 247 g/mol. The molecule has 0 heterocycles. The Balaban J connectivity index is 2.91. The Morgan fingerprint density at radius 1 is 1.39 bits per heavy atom. The molecular formula is C12H13N3O3. The van der Waals surface area contributed by atoms with Crippen LogP contribution in [0.4, 0.5) is 0 Å². The van der Waals surface area contributed by atoms with Crippen molar-refractivity contribution in [3.8, 4) is 0 Å². The lowest BCUT2D eigenvalue weighted by Gasteiger charge is -2.16. The van der Waals surface area contributed by atoms with Gasteiger partial charge in [0, 0.05) is 12.5 Å². The predicted octanol–water partition coefficient (Wildman–Crippen LogP) is 1.91. The standard InChI is InChI=1S/C12H13N3O3/c1-8(15-13)14-12(17)11(18-9(2)16)10-6-4-3-5-7-10/h3-7,11,13H,1H2,2H3,(H,14,17). The summed E-state index contributed by atoms with van der Waals surface area (Å²) in [5.74, 6) is -1.29. The first-order valence-corrected chi connectivity index (χ1v) is 5.14. The van der Waals surface area contributed by atoms with Gasteiger partial charge in [-0.05, 0) is 0 Å². The van der Waals surface area contributed by atoms with Gasteiger partial charge in [-0.2, -0.15) is 0 Å². The van der Waals surface area contributed by atoms with Crippen LogP contribution in [0.2, 0.25) is 0 Å². The highest BCUT2D eigenvalue weighted by Gasteiger charge is 2.23. The van der Waals surface area contributed by atoms with E-state index in [2.05, 4.69) is 17.0 Å². The molecule has 1 aromatic rings. The van der Waals surface area contributed by atoms with Crippen molar-refractivity contribution in [3.63, 3.8) is 0 Å². The van der Waals surface area contributed by atoms with Crippen molar-refractivity contribution >= 4 is 11.9 Å². The molecule has 2 N–H and O–H groups in total. The molecule has 0 bridgehead atoms. The van der Waals surface area contributed by atoms with Gasteiger partial charge in [0.25, 0.3) is 5.91 Å². The molecule has 94 valence electrons. The fourth-order valence-corrected chi connectivity index (χ4v) is 1.30. The second-order valence-electron chi connectivity index (χ2n) is 3.45. The van der Waals surface area contributed by atoms with Crippen LogP contribution in [-0.4, -0.2) is 11.9 Å². The summed E-state index contributed by atoms with van der Waals surface area (Å²) in [6.45, 7) is 4.56. The van der Waals surface area contributed by atoms with E-state index < -0.39 is 18.0 Å². The zero-order valence-electron chi connectivity index (χ0n) is 9.84. The topological polar surface area (TPSA) is 91.6 Å². The minimum atomic E-state index is -1.08. The van der Waals surface area contributed by atoms with Gasteiger partial charge in [-0.25, -0.2) is 5.53 Å². The summed E-state index contributed by atoms with van der Waals surface area (Å²) in [5.41, 5.74) is 7.22. The number of nitrogens with zero attached hydrogens (tertiary/aromatic N) is 1. The Morgan fingerprint density at radius 3 is 2.50 bits per heavy atom. The summed E-state index contributed by atoms with van der Waals surface area (Å²) in [5, 5.41) is 5.24. The van der Waals surface area contributed by atoms with Gasteiger partial charge in [-0.15, -0.1) is 5.11 Å². The molecular weight excluding hydrogens is 234 g/mol. The van der Waals surface area contributed by atoms with E-state index in [4.69, 9.17) is 10.3 Å². The summed E-state index contributed by atoms with van der Waals surface area (Å²) < 4.78 is 4.95. The van der Waals surface area contributed by atoms with E-state index in [0.717, 1.165) is 0 Å². The third-order valence-electron chi connectivity index (χ3n) is 2.03. The number of esters is 1. The maximum absolute atomic E-state index is 11.9. The molecule has 0 aliphatic carbocycles. The van der Waals surface area contributed by atoms with Gasteiger partial charge < -0.3 is 10.1 Å². The molecule has 0 saturated heterocycles. The molecule has 0 spiro atoms. The van der Waals surface area contributed by atoms with E-state index in [9.17, 15) is 9.59 Å². The second kappa shape index (κ2) is 6.29. The van der Waals surface area contributed by atoms with Crippen LogP contribution < -0.4 is 5.32 Å². The average Bonchev–Trinajstić information content (AvgIpc) is 2.36. The van der Waals surface area contributed by atoms with Crippen LogP contribution in [0.5, 0.6) is 0 Å². The van der Waals surface area contributed by atoms with Gasteiger partial charge in [0.15, 0.2) is 0 Å². The lowest BCUT2D eigenvalue weighted by molar-refractivity contribution is -0.154. The Morgan fingerprint density at radius 2 is 2.00 bits per heavy atom. The number of carbonyl (C=O) groups is 2. The fourth-order valence-electron chi connectivity index (χ4n) is 1.30. The zero-order valence-corrected chi connectivity index (χ0v) is 9.84. The smallest absolute Gasteiger partial charge is 0.303 e. The van der Waals surface area contributed by atoms with Gasteiger partial charge in [0.05, 0.1) is 0 Å². The minimum absolute atomic E-state index is 0.118. The van der Waals surface area contributed by atoms with Crippen LogP contribution >= 0.6 is 0 Å². The normalized spacial score (nSPS) is 11.2. The summed E-state index contributed by atoms with van der Waals surface area (Å²) >= 11 is 0. The first-order chi connectivity index (χ1) is 8.54. The molecule has 0 saturated carbocycles. The van der Waals surface area contributed by atoms with Crippen molar-refractivity contribution in [1.82, 2.24) is 5.32 Å². The number of carbonyl (C=O) groups excluding carboxylic acids is 2. The number of ether oxygens (including phenoxy) is 1. The first kappa shape index (κ1) is 13.6. The maximum atomic E-state index is 11.9. The summed E-state index contributed by atoms with van der Waals surface area (Å²) in [7, 11) is 0. The minimum Gasteiger partial charge on any atom is -0.447 e. The quantitative estimate of drug-likeness (QED) is 0.615. The largest absolute Gasteiger partial charge is 0.447 e. The summed E-state index contributed by atoms with van der Waals surface area (Å²) in [6.07, 6.45) is -1.08. The van der Waals surface area contributed by atoms with Crippen LogP contribution in [-0.2, 0) is 14.3 Å². The average molecular weight is 247 g/mol. The highest BCUT2D eigenvalue weighted by Crippen LogP contribution is 2.18. The molecule has 18 heavy (non-hydrogen) atoms. The van der Waals surface area contributed by atoms with Crippen LogP contribution in [0.15, 0.2) is 47.8 Å². The molecule has 0 aliphatic rings. The zero-order chi connectivity index (χ0) is 13.5. The third-order valence-corrected chi connectivity index (χ3v) is 2.03. The van der Waals surface area contributed by atoms with Crippen LogP contribution in [0.1, 0.15) is 18.6 Å². The van der Waals surface area contributed by atoms with Crippen molar-refractivity contribution < 1.29 is 14.3 Å². The Bertz CT molecular complexity index is 471. The van der Waals surface area contributed by atoms with Gasteiger partial charge in [0.2, 0.25) is 6.10 Å². The molecule has 0 aliphatic heterocycles. The third kappa shape index (κ3) is 3.82. The fraction of sp³-hybridized carbons (Fsp3) is 0.167. The van der Waals surface area contributed by atoms with Crippen molar-refractivity contribution in [3.05, 3.63) is 48.3 Å². The van der Waals surface area contributed by atoms with Crippen molar-refractivity contribution in [2.24, 2.45) is 5.11 Å². The Hall–Kier alpha value is -2.50. The molecule has 1 rings (SSSR count). The molecule has 6 heteroatoms. The molecule has 1 aromatic carbocycles. The number of benzene rings is 1. The Kier molecular flexibility index (Phi) is 4.74. The molecule has 0 radical (unpaired) electrons. The van der Waals surface area contributed by atoms with Crippen LogP contribution in [0.25, 0.3) is 0 Å². The van der Waals surface area contributed by atoms with Gasteiger partial charge in [-0.3, -0.25) is 9.59 Å². The number of nitrogens with one attached hydrogen (secondary N) is 2. The number of hydrogen-bond donors (Lipinski definition) is 2. The number of rotatable bonds is 5. The number of amides is 1. The first-order valence-electron chi connectivity index (χ1n) is 5.14. The maximum Gasteiger partial charge on any atom is 0.303 e. The second-order valence-corrected chi connectivity index (χ2v) is 3.45. The predicted molar refractivity (Wildman–Crippen MR) is 63.4 cm³/mol. The Labute approximate surface area is 104 Å². The van der Waals surface area contributed by atoms with E-state index in [1.807, 2.05) is 0 Å². The molecule has 1 atom stereocenters. The SMILES string of the molecule is C=C(N=N)NC(=O)C(OC(C)=O)c1ccccc1. The highest BCUT2D eigenvalue weighted by molar-refractivity contribution is 5.85. The lowest BCUT2D eigenvalue weighted by atomic mass is 10.1. The molecule has 0 fully saturated rings. The highest BCUT2D eigenvalue weighted by atomic mass is 16.5. The molecule has 6 nitrogen and oxygen atoms in total. The van der Waals surface area contributed by atoms with Crippen molar-refractivity contribution in [1.29, 1.82) is 5.53 Å². The van der Waals surface area contributed by atoms with E-state index >= 15 is 0 Å². The van der Waals surface area contributed by atoms with E-state index in [1.54, 1.807) is 30.3 Å². The molecule has 1 unspecified atom stereocenters. The number of hydrogen-bond acceptors (Lipinski definition) is 5. The molecule has 1 amide bonds. The van der Waals surface area contributed by atoms with E-state index in [-0.39, 0.29) is 5.82 Å². The van der Waals surface area contributed by atoms with Gasteiger partial charge in [0.1, 0.15) is 5.82 Å². The van der Waals surface area contributed by atoms with Crippen LogP contribution in [0, 0.1) is 5.53 Å².